The Morgan fingerprint density at radius 1 is 1.26 bits per heavy atom. The molecule has 1 aromatic carbocycles. The fourth-order valence-corrected chi connectivity index (χ4v) is 4.02. The van der Waals surface area contributed by atoms with Gasteiger partial charge in [0.15, 0.2) is 17.3 Å². The highest BCUT2D eigenvalue weighted by Crippen LogP contribution is 2.36. The van der Waals surface area contributed by atoms with E-state index >= 15 is 0 Å². The second-order valence-corrected chi connectivity index (χ2v) is 9.15. The number of methoxy groups -OCH3 is 1. The number of hydrogen-bond donors (Lipinski definition) is 2. The van der Waals surface area contributed by atoms with Crippen LogP contribution in [-0.2, 0) is 16.4 Å². The van der Waals surface area contributed by atoms with Gasteiger partial charge in [-0.1, -0.05) is 11.8 Å². The Morgan fingerprint density at radius 3 is 2.71 bits per heavy atom. The molecule has 0 amide bonds. The first kappa shape index (κ1) is 22.9. The Labute approximate surface area is 193 Å². The van der Waals surface area contributed by atoms with Gasteiger partial charge in [0, 0.05) is 18.7 Å². The molecule has 0 fully saturated rings. The lowest BCUT2D eigenvalue weighted by Gasteiger charge is -2.17. The lowest BCUT2D eigenvalue weighted by molar-refractivity contribution is 0.404. The molecule has 13 heteroatoms. The van der Waals surface area contributed by atoms with Crippen molar-refractivity contribution in [3.63, 3.8) is 0 Å². The number of anilines is 1. The quantitative estimate of drug-likeness (QED) is 0.463. The highest BCUT2D eigenvalue weighted by Gasteiger charge is 2.29. The van der Waals surface area contributed by atoms with Crippen LogP contribution in [0.3, 0.4) is 0 Å². The zero-order chi connectivity index (χ0) is 24.3. The van der Waals surface area contributed by atoms with E-state index in [2.05, 4.69) is 41.3 Å². The first-order valence-electron chi connectivity index (χ1n) is 9.84. The molecule has 11 nitrogen and oxygen atoms in total. The van der Waals surface area contributed by atoms with Crippen LogP contribution in [-0.4, -0.2) is 56.8 Å². The smallest absolute Gasteiger partial charge is 0.243 e. The van der Waals surface area contributed by atoms with Gasteiger partial charge in [-0.25, -0.2) is 27.8 Å². The number of para-hydroxylation sites is 1. The third-order valence-electron chi connectivity index (χ3n) is 4.76. The SMILES string of the molecule is COc1cccc(O)c1-n1c(NS(=O)(=O)[C@H](C)Cc2ncc(F)cn2)nnc1C1=C=C=CC=N1. The van der Waals surface area contributed by atoms with E-state index in [1.165, 1.54) is 37.0 Å². The van der Waals surface area contributed by atoms with E-state index in [-0.39, 0.29) is 46.9 Å². The maximum atomic E-state index is 13.1. The molecule has 0 saturated heterocycles. The summed E-state index contributed by atoms with van der Waals surface area (Å²) in [7, 11) is -2.66. The third-order valence-corrected chi connectivity index (χ3v) is 6.45. The summed E-state index contributed by atoms with van der Waals surface area (Å²) in [6, 6.07) is 4.56. The molecule has 4 rings (SSSR count). The number of aromatic nitrogens is 5. The van der Waals surface area contributed by atoms with Gasteiger partial charge in [0.05, 0.1) is 24.8 Å². The number of sulfonamides is 1. The highest BCUT2D eigenvalue weighted by atomic mass is 32.2. The van der Waals surface area contributed by atoms with Crippen LogP contribution in [0.5, 0.6) is 11.5 Å². The minimum absolute atomic E-state index is 0.0838. The molecule has 0 saturated carbocycles. The Morgan fingerprint density at radius 2 is 2.03 bits per heavy atom. The third kappa shape index (κ3) is 4.57. The second-order valence-electron chi connectivity index (χ2n) is 7.05. The van der Waals surface area contributed by atoms with E-state index < -0.39 is 21.1 Å². The van der Waals surface area contributed by atoms with Gasteiger partial charge in [-0.2, -0.15) is 0 Å². The molecule has 0 bridgehead atoms. The van der Waals surface area contributed by atoms with Gasteiger partial charge in [-0.15, -0.1) is 10.2 Å². The molecule has 34 heavy (non-hydrogen) atoms. The molecule has 0 unspecified atom stereocenters. The van der Waals surface area contributed by atoms with Crippen molar-refractivity contribution in [3.05, 3.63) is 65.6 Å². The zero-order valence-corrected chi connectivity index (χ0v) is 18.8. The van der Waals surface area contributed by atoms with Crippen LogP contribution in [0.2, 0.25) is 0 Å². The van der Waals surface area contributed by atoms with E-state index in [1.807, 2.05) is 0 Å². The van der Waals surface area contributed by atoms with E-state index in [9.17, 15) is 17.9 Å². The summed E-state index contributed by atoms with van der Waals surface area (Å²) in [5.74, 6) is -0.590. The van der Waals surface area contributed by atoms with Crippen molar-refractivity contribution >= 4 is 27.9 Å². The average Bonchev–Trinajstić information content (AvgIpc) is 3.23. The summed E-state index contributed by atoms with van der Waals surface area (Å²) in [6.45, 7) is 1.44. The van der Waals surface area contributed by atoms with Crippen LogP contribution in [0.15, 0.2) is 53.1 Å². The Bertz CT molecular complexity index is 1470. The fraction of sp³-hybridized carbons (Fsp3) is 0.190. The lowest BCUT2D eigenvalue weighted by Crippen LogP contribution is -2.29. The molecule has 3 heterocycles. The molecule has 1 aliphatic heterocycles. The topological polar surface area (TPSA) is 144 Å². The van der Waals surface area contributed by atoms with E-state index in [4.69, 9.17) is 4.74 Å². The Balaban J connectivity index is 1.78. The van der Waals surface area contributed by atoms with E-state index in [1.54, 1.807) is 12.1 Å². The van der Waals surface area contributed by atoms with Gasteiger partial charge in [0.25, 0.3) is 0 Å². The molecule has 0 aliphatic carbocycles. The van der Waals surface area contributed by atoms with Crippen molar-refractivity contribution in [3.8, 4) is 17.2 Å². The number of allylic oxidation sites excluding steroid dienone is 1. The van der Waals surface area contributed by atoms with Gasteiger partial charge in [0.2, 0.25) is 16.0 Å². The maximum absolute atomic E-state index is 13.1. The van der Waals surface area contributed by atoms with Crippen LogP contribution >= 0.6 is 0 Å². The van der Waals surface area contributed by atoms with E-state index in [0.717, 1.165) is 12.4 Å². The number of phenolic OH excluding ortho intramolecular Hbond substituents is 1. The van der Waals surface area contributed by atoms with Gasteiger partial charge in [-0.05, 0) is 24.8 Å². The van der Waals surface area contributed by atoms with Gasteiger partial charge >= 0.3 is 0 Å². The van der Waals surface area contributed by atoms with Crippen LogP contribution in [0.1, 0.15) is 18.6 Å². The Kier molecular flexibility index (Phi) is 6.24. The predicted molar refractivity (Wildman–Crippen MR) is 121 cm³/mol. The first-order chi connectivity index (χ1) is 16.3. The number of rotatable bonds is 8. The van der Waals surface area contributed by atoms with Crippen molar-refractivity contribution in [2.24, 2.45) is 4.99 Å². The molecule has 2 aromatic heterocycles. The van der Waals surface area contributed by atoms with Crippen molar-refractivity contribution in [1.29, 1.82) is 0 Å². The summed E-state index contributed by atoms with van der Waals surface area (Å²) in [4.78, 5) is 11.8. The summed E-state index contributed by atoms with van der Waals surface area (Å²) < 4.78 is 48.3. The van der Waals surface area contributed by atoms with Crippen LogP contribution < -0.4 is 9.46 Å². The number of hydrogen-bond acceptors (Lipinski definition) is 9. The monoisotopic (exact) mass is 483 g/mol. The summed E-state index contributed by atoms with van der Waals surface area (Å²) in [5.41, 5.74) is 5.83. The lowest BCUT2D eigenvalue weighted by atomic mass is 10.2. The zero-order valence-electron chi connectivity index (χ0n) is 18.0. The average molecular weight is 483 g/mol. The largest absolute Gasteiger partial charge is 0.506 e. The van der Waals surface area contributed by atoms with Crippen molar-refractivity contribution in [2.75, 3.05) is 11.8 Å². The Hall–Kier alpha value is -4.31. The molecule has 0 spiro atoms. The molecule has 1 atom stereocenters. The van der Waals surface area contributed by atoms with Crippen LogP contribution in [0, 0.1) is 5.82 Å². The number of aliphatic imine (C=N–C) groups is 1. The molecule has 1 aliphatic rings. The molecular formula is C21H18FN7O4S. The molecule has 2 N–H and O–H groups in total. The van der Waals surface area contributed by atoms with Crippen LogP contribution in [0.4, 0.5) is 10.3 Å². The van der Waals surface area contributed by atoms with Gasteiger partial charge in [0.1, 0.15) is 23.0 Å². The van der Waals surface area contributed by atoms with Crippen molar-refractivity contribution in [2.45, 2.75) is 18.6 Å². The number of halogens is 1. The number of nitrogens with one attached hydrogen (secondary N) is 1. The molecule has 174 valence electrons. The summed E-state index contributed by atoms with van der Waals surface area (Å²) >= 11 is 0. The van der Waals surface area contributed by atoms with Gasteiger partial charge < -0.3 is 9.84 Å². The maximum Gasteiger partial charge on any atom is 0.243 e. The summed E-state index contributed by atoms with van der Waals surface area (Å²) in [5, 5.41) is 17.6. The normalized spacial score (nSPS) is 13.6. The van der Waals surface area contributed by atoms with Crippen molar-refractivity contribution < 1.29 is 22.7 Å². The van der Waals surface area contributed by atoms with Crippen molar-refractivity contribution in [1.82, 2.24) is 24.7 Å². The first-order valence-corrected chi connectivity index (χ1v) is 11.4. The predicted octanol–water partition coefficient (Wildman–Crippen LogP) is 2.02. The van der Waals surface area contributed by atoms with E-state index in [0.29, 0.717) is 0 Å². The molecule has 0 radical (unpaired) electrons. The number of aromatic hydroxyl groups is 1. The number of nitrogens with zero attached hydrogens (tertiary/aromatic N) is 6. The van der Waals surface area contributed by atoms with Crippen LogP contribution in [0.25, 0.3) is 11.4 Å². The second kappa shape index (κ2) is 9.28. The highest BCUT2D eigenvalue weighted by molar-refractivity contribution is 7.93. The number of ether oxygens (including phenoxy) is 1. The number of benzene rings is 1. The van der Waals surface area contributed by atoms with Gasteiger partial charge in [-0.3, -0.25) is 9.29 Å². The minimum Gasteiger partial charge on any atom is -0.506 e. The fourth-order valence-electron chi connectivity index (χ4n) is 3.06. The molecule has 3 aromatic rings. The standard InChI is InChI=1S/C21H18FN7O4S/c1-13(10-18-24-11-14(22)12-25-18)34(31,32)28-21-27-26-20(15-6-3-4-9-23-15)29(21)19-16(30)7-5-8-17(19)33-2/h4-5,7-9,11-13,30H,10H2,1-2H3,(H,27,28)/t13-/m1/s1. The minimum atomic E-state index is -4.06. The summed E-state index contributed by atoms with van der Waals surface area (Å²) in [6.07, 6.45) is 4.83. The number of phenols is 1. The molecular weight excluding hydrogens is 465 g/mol.